The van der Waals surface area contributed by atoms with Gasteiger partial charge in [-0.05, 0) is 54.7 Å². The van der Waals surface area contributed by atoms with E-state index in [0.717, 1.165) is 23.2 Å². The molecule has 0 radical (unpaired) electrons. The number of carbonyl (C=O) groups is 1. The Morgan fingerprint density at radius 3 is 2.56 bits per heavy atom. The molecule has 7 heteroatoms. The second-order valence-corrected chi connectivity index (χ2v) is 6.72. The summed E-state index contributed by atoms with van der Waals surface area (Å²) in [5, 5.41) is 3.28. The number of ether oxygens (including phenoxy) is 2. The highest BCUT2D eigenvalue weighted by atomic mass is 79.9. The van der Waals surface area contributed by atoms with Gasteiger partial charge in [-0.1, -0.05) is 22.0 Å². The minimum Gasteiger partial charge on any atom is -0.432 e. The Bertz CT molecular complexity index is 761. The molecule has 0 unspecified atom stereocenters. The number of amides is 1. The summed E-state index contributed by atoms with van der Waals surface area (Å²) in [4.78, 5) is 14.3. The largest absolute Gasteiger partial charge is 0.432 e. The summed E-state index contributed by atoms with van der Waals surface area (Å²) in [5.41, 5.74) is 1.28. The van der Waals surface area contributed by atoms with E-state index in [1.807, 2.05) is 29.2 Å². The van der Waals surface area contributed by atoms with Gasteiger partial charge in [0.15, 0.2) is 0 Å². The Hall–Kier alpha value is -1.96. The monoisotopic (exact) mass is 420 g/mol. The fourth-order valence-corrected chi connectivity index (χ4v) is 3.03. The van der Waals surface area contributed by atoms with Crippen molar-refractivity contribution in [2.75, 3.05) is 31.6 Å². The molecule has 1 heterocycles. The second kappa shape index (κ2) is 8.42. The highest BCUT2D eigenvalue weighted by Gasteiger charge is 2.15. The Kier molecular flexibility index (Phi) is 6.01. The summed E-state index contributed by atoms with van der Waals surface area (Å²) in [6.07, 6.45) is 0. The van der Waals surface area contributed by atoms with E-state index in [9.17, 15) is 4.79 Å². The van der Waals surface area contributed by atoms with Crippen LogP contribution in [0.4, 0.5) is 5.69 Å². The first-order chi connectivity index (χ1) is 12.1. The van der Waals surface area contributed by atoms with Crippen molar-refractivity contribution in [3.63, 3.8) is 0 Å². The standard InChI is InChI=1S/C18H17BrN2O3S/c19-14-2-1-3-15(12-14)20-17(22)13-4-6-16(7-5-13)24-18(25)21-8-10-23-11-9-21/h1-7,12H,8-11H2,(H,20,22). The van der Waals surface area contributed by atoms with Crippen molar-refractivity contribution in [3.8, 4) is 5.75 Å². The van der Waals surface area contributed by atoms with Gasteiger partial charge in [-0.15, -0.1) is 0 Å². The van der Waals surface area contributed by atoms with Crippen molar-refractivity contribution in [1.29, 1.82) is 0 Å². The van der Waals surface area contributed by atoms with E-state index >= 15 is 0 Å². The first kappa shape index (κ1) is 17.8. The number of benzene rings is 2. The third-order valence-electron chi connectivity index (χ3n) is 3.67. The zero-order chi connectivity index (χ0) is 17.6. The first-order valence-corrected chi connectivity index (χ1v) is 9.03. The lowest BCUT2D eigenvalue weighted by Gasteiger charge is -2.28. The molecule has 0 aliphatic carbocycles. The lowest BCUT2D eigenvalue weighted by atomic mass is 10.2. The topological polar surface area (TPSA) is 50.8 Å². The lowest BCUT2D eigenvalue weighted by Crippen LogP contribution is -2.42. The summed E-state index contributed by atoms with van der Waals surface area (Å²) in [6, 6.07) is 14.3. The Morgan fingerprint density at radius 2 is 1.88 bits per heavy atom. The highest BCUT2D eigenvalue weighted by molar-refractivity contribution is 9.10. The van der Waals surface area contributed by atoms with Crippen molar-refractivity contribution >= 4 is 44.9 Å². The predicted molar refractivity (Wildman–Crippen MR) is 104 cm³/mol. The normalized spacial score (nSPS) is 14.0. The molecule has 1 aliphatic heterocycles. The van der Waals surface area contributed by atoms with Gasteiger partial charge < -0.3 is 19.7 Å². The van der Waals surface area contributed by atoms with Gasteiger partial charge in [0.2, 0.25) is 0 Å². The molecule has 130 valence electrons. The Balaban J connectivity index is 1.59. The van der Waals surface area contributed by atoms with E-state index in [4.69, 9.17) is 21.7 Å². The van der Waals surface area contributed by atoms with Crippen molar-refractivity contribution in [2.45, 2.75) is 0 Å². The highest BCUT2D eigenvalue weighted by Crippen LogP contribution is 2.18. The summed E-state index contributed by atoms with van der Waals surface area (Å²) in [5.74, 6) is 0.427. The van der Waals surface area contributed by atoms with Crippen molar-refractivity contribution in [3.05, 3.63) is 58.6 Å². The SMILES string of the molecule is O=C(Nc1cccc(Br)c1)c1ccc(OC(=S)N2CCOCC2)cc1. The van der Waals surface area contributed by atoms with Crippen LogP contribution in [0.2, 0.25) is 0 Å². The number of thiocarbonyl (C=S) groups is 1. The van der Waals surface area contributed by atoms with Crippen LogP contribution in [0, 0.1) is 0 Å². The Morgan fingerprint density at radius 1 is 1.16 bits per heavy atom. The van der Waals surface area contributed by atoms with Gasteiger partial charge in [0, 0.05) is 28.8 Å². The van der Waals surface area contributed by atoms with Gasteiger partial charge in [-0.25, -0.2) is 0 Å². The number of nitrogens with zero attached hydrogens (tertiary/aromatic N) is 1. The average Bonchev–Trinajstić information content (AvgIpc) is 2.63. The zero-order valence-electron chi connectivity index (χ0n) is 13.4. The molecule has 5 nitrogen and oxygen atoms in total. The van der Waals surface area contributed by atoms with Gasteiger partial charge in [0.1, 0.15) is 5.75 Å². The van der Waals surface area contributed by atoms with Crippen LogP contribution in [0.1, 0.15) is 10.4 Å². The number of anilines is 1. The van der Waals surface area contributed by atoms with Gasteiger partial charge in [0.05, 0.1) is 13.2 Å². The van der Waals surface area contributed by atoms with Crippen LogP contribution in [0.3, 0.4) is 0 Å². The van der Waals surface area contributed by atoms with Gasteiger partial charge in [-0.3, -0.25) is 4.79 Å². The molecule has 1 amide bonds. The van der Waals surface area contributed by atoms with Gasteiger partial charge in [0.25, 0.3) is 11.1 Å². The molecule has 1 aliphatic rings. The van der Waals surface area contributed by atoms with Crippen molar-refractivity contribution < 1.29 is 14.3 Å². The number of nitrogens with one attached hydrogen (secondary N) is 1. The predicted octanol–water partition coefficient (Wildman–Crippen LogP) is 3.70. The van der Waals surface area contributed by atoms with Crippen LogP contribution in [-0.4, -0.2) is 42.3 Å². The molecule has 2 aromatic rings. The molecule has 0 bridgehead atoms. The summed E-state index contributed by atoms with van der Waals surface area (Å²) >= 11 is 8.69. The van der Waals surface area contributed by atoms with Crippen LogP contribution in [-0.2, 0) is 4.74 Å². The third kappa shape index (κ3) is 5.01. The molecule has 3 rings (SSSR count). The van der Waals surface area contributed by atoms with Crippen LogP contribution < -0.4 is 10.1 Å². The maximum absolute atomic E-state index is 12.3. The van der Waals surface area contributed by atoms with Crippen LogP contribution in [0.5, 0.6) is 5.75 Å². The maximum Gasteiger partial charge on any atom is 0.264 e. The van der Waals surface area contributed by atoms with Gasteiger partial charge in [-0.2, -0.15) is 0 Å². The summed E-state index contributed by atoms with van der Waals surface area (Å²) < 4.78 is 11.9. The van der Waals surface area contributed by atoms with Crippen LogP contribution in [0.15, 0.2) is 53.0 Å². The molecule has 2 aromatic carbocycles. The number of hydrogen-bond donors (Lipinski definition) is 1. The number of halogens is 1. The average molecular weight is 421 g/mol. The molecule has 0 saturated carbocycles. The fraction of sp³-hybridized carbons (Fsp3) is 0.222. The van der Waals surface area contributed by atoms with Crippen LogP contribution >= 0.6 is 28.1 Å². The summed E-state index contributed by atoms with van der Waals surface area (Å²) in [7, 11) is 0. The quantitative estimate of drug-likeness (QED) is 0.767. The van der Waals surface area contributed by atoms with Gasteiger partial charge >= 0.3 is 0 Å². The number of carbonyl (C=O) groups excluding carboxylic acids is 1. The minimum absolute atomic E-state index is 0.180. The molecule has 25 heavy (non-hydrogen) atoms. The lowest BCUT2D eigenvalue weighted by molar-refractivity contribution is 0.0631. The number of hydrogen-bond acceptors (Lipinski definition) is 4. The number of morpholine rings is 1. The van der Waals surface area contributed by atoms with Crippen molar-refractivity contribution in [2.24, 2.45) is 0 Å². The van der Waals surface area contributed by atoms with E-state index in [2.05, 4.69) is 21.2 Å². The summed E-state index contributed by atoms with van der Waals surface area (Å²) in [6.45, 7) is 2.76. The van der Waals surface area contributed by atoms with Crippen LogP contribution in [0.25, 0.3) is 0 Å². The van der Waals surface area contributed by atoms with E-state index in [1.54, 1.807) is 24.3 Å². The van der Waals surface area contributed by atoms with Crippen molar-refractivity contribution in [1.82, 2.24) is 4.90 Å². The van der Waals surface area contributed by atoms with E-state index in [0.29, 0.717) is 29.7 Å². The molecule has 0 aromatic heterocycles. The second-order valence-electron chi connectivity index (χ2n) is 5.46. The molecule has 0 atom stereocenters. The smallest absolute Gasteiger partial charge is 0.264 e. The molecule has 1 fully saturated rings. The zero-order valence-corrected chi connectivity index (χ0v) is 15.8. The van der Waals surface area contributed by atoms with E-state index in [-0.39, 0.29) is 5.91 Å². The molecule has 1 N–H and O–H groups in total. The first-order valence-electron chi connectivity index (χ1n) is 7.83. The number of rotatable bonds is 3. The van der Waals surface area contributed by atoms with E-state index < -0.39 is 0 Å². The molecular weight excluding hydrogens is 404 g/mol. The maximum atomic E-state index is 12.3. The molecule has 1 saturated heterocycles. The Labute approximate surface area is 160 Å². The third-order valence-corrected chi connectivity index (χ3v) is 4.51. The molecular formula is C18H17BrN2O3S. The fourth-order valence-electron chi connectivity index (χ4n) is 2.36. The van der Waals surface area contributed by atoms with E-state index in [1.165, 1.54) is 0 Å². The molecule has 0 spiro atoms. The minimum atomic E-state index is -0.180.